The highest BCUT2D eigenvalue weighted by Crippen LogP contribution is 2.18. The standard InChI is InChI=1S/C16H17NO4/c1-20-14-8-6-13(7-9-14)17-16(19)11-21-15-5-3-2-4-12(15)10-18/h2-9,18H,10-11H2,1H3,(H,17,19). The van der Waals surface area contributed by atoms with Crippen LogP contribution in [-0.2, 0) is 11.4 Å². The summed E-state index contributed by atoms with van der Waals surface area (Å²) in [5.74, 6) is 0.957. The molecule has 2 aromatic carbocycles. The fourth-order valence-corrected chi connectivity index (χ4v) is 1.79. The zero-order chi connectivity index (χ0) is 15.1. The van der Waals surface area contributed by atoms with Crippen LogP contribution in [0.1, 0.15) is 5.56 Å². The Hall–Kier alpha value is -2.53. The van der Waals surface area contributed by atoms with E-state index in [1.54, 1.807) is 55.6 Å². The average molecular weight is 287 g/mol. The molecule has 0 unspecified atom stereocenters. The first kappa shape index (κ1) is 14.9. The summed E-state index contributed by atoms with van der Waals surface area (Å²) in [6.07, 6.45) is 0. The molecule has 2 rings (SSSR count). The van der Waals surface area contributed by atoms with E-state index < -0.39 is 0 Å². The van der Waals surface area contributed by atoms with Crippen molar-refractivity contribution >= 4 is 11.6 Å². The number of rotatable bonds is 6. The number of amides is 1. The quantitative estimate of drug-likeness (QED) is 0.854. The summed E-state index contributed by atoms with van der Waals surface area (Å²) in [5, 5.41) is 11.9. The average Bonchev–Trinajstić information content (AvgIpc) is 2.54. The molecule has 0 bridgehead atoms. The second kappa shape index (κ2) is 7.31. The lowest BCUT2D eigenvalue weighted by Crippen LogP contribution is -2.20. The molecule has 0 saturated heterocycles. The van der Waals surface area contributed by atoms with Crippen molar-refractivity contribution in [2.24, 2.45) is 0 Å². The van der Waals surface area contributed by atoms with Crippen molar-refractivity contribution in [3.8, 4) is 11.5 Å². The van der Waals surface area contributed by atoms with Crippen LogP contribution in [-0.4, -0.2) is 24.7 Å². The Balaban J connectivity index is 1.89. The molecule has 0 fully saturated rings. The zero-order valence-corrected chi connectivity index (χ0v) is 11.7. The highest BCUT2D eigenvalue weighted by atomic mass is 16.5. The number of methoxy groups -OCH3 is 1. The van der Waals surface area contributed by atoms with E-state index in [1.807, 2.05) is 0 Å². The van der Waals surface area contributed by atoms with Gasteiger partial charge in [-0.05, 0) is 30.3 Å². The summed E-state index contributed by atoms with van der Waals surface area (Å²) >= 11 is 0. The van der Waals surface area contributed by atoms with E-state index in [1.165, 1.54) is 0 Å². The van der Waals surface area contributed by atoms with Gasteiger partial charge < -0.3 is 19.9 Å². The van der Waals surface area contributed by atoms with Crippen LogP contribution in [0.3, 0.4) is 0 Å². The number of aliphatic hydroxyl groups is 1. The normalized spacial score (nSPS) is 10.0. The molecule has 5 heteroatoms. The highest BCUT2D eigenvalue weighted by Gasteiger charge is 2.06. The molecule has 2 aromatic rings. The van der Waals surface area contributed by atoms with E-state index in [9.17, 15) is 9.90 Å². The SMILES string of the molecule is COc1ccc(NC(=O)COc2ccccc2CO)cc1. The molecule has 1 amide bonds. The van der Waals surface area contributed by atoms with Gasteiger partial charge in [0.25, 0.3) is 5.91 Å². The minimum absolute atomic E-state index is 0.122. The molecule has 0 atom stereocenters. The Bertz CT molecular complexity index is 595. The Morgan fingerprint density at radius 2 is 1.86 bits per heavy atom. The first-order chi connectivity index (χ1) is 10.2. The van der Waals surface area contributed by atoms with Gasteiger partial charge >= 0.3 is 0 Å². The van der Waals surface area contributed by atoms with E-state index in [0.717, 1.165) is 5.75 Å². The molecular formula is C16H17NO4. The number of nitrogens with one attached hydrogen (secondary N) is 1. The van der Waals surface area contributed by atoms with E-state index in [2.05, 4.69) is 5.32 Å². The predicted molar refractivity (Wildman–Crippen MR) is 79.5 cm³/mol. The molecule has 110 valence electrons. The third-order valence-corrected chi connectivity index (χ3v) is 2.88. The number of hydrogen-bond donors (Lipinski definition) is 2. The molecule has 0 saturated carbocycles. The van der Waals surface area contributed by atoms with E-state index in [-0.39, 0.29) is 19.1 Å². The smallest absolute Gasteiger partial charge is 0.262 e. The van der Waals surface area contributed by atoms with Crippen molar-refractivity contribution in [1.82, 2.24) is 0 Å². The Morgan fingerprint density at radius 1 is 1.14 bits per heavy atom. The third-order valence-electron chi connectivity index (χ3n) is 2.88. The van der Waals surface area contributed by atoms with Crippen LogP contribution in [0.15, 0.2) is 48.5 Å². The lowest BCUT2D eigenvalue weighted by Gasteiger charge is -2.10. The number of aliphatic hydroxyl groups excluding tert-OH is 1. The van der Waals surface area contributed by atoms with Gasteiger partial charge in [0.05, 0.1) is 13.7 Å². The summed E-state index contributed by atoms with van der Waals surface area (Å²) in [7, 11) is 1.58. The van der Waals surface area contributed by atoms with Gasteiger partial charge in [-0.3, -0.25) is 4.79 Å². The summed E-state index contributed by atoms with van der Waals surface area (Å²) in [6, 6.07) is 14.1. The van der Waals surface area contributed by atoms with Crippen molar-refractivity contribution in [1.29, 1.82) is 0 Å². The zero-order valence-electron chi connectivity index (χ0n) is 11.7. The molecule has 0 radical (unpaired) electrons. The molecule has 0 aliphatic rings. The van der Waals surface area contributed by atoms with Gasteiger partial charge in [0.15, 0.2) is 6.61 Å². The van der Waals surface area contributed by atoms with Crippen LogP contribution in [0.2, 0.25) is 0 Å². The van der Waals surface area contributed by atoms with Crippen LogP contribution in [0.4, 0.5) is 5.69 Å². The van der Waals surface area contributed by atoms with Gasteiger partial charge in [0.2, 0.25) is 0 Å². The summed E-state index contributed by atoms with van der Waals surface area (Å²) < 4.78 is 10.5. The van der Waals surface area contributed by atoms with Gasteiger partial charge in [-0.15, -0.1) is 0 Å². The van der Waals surface area contributed by atoms with E-state index in [4.69, 9.17) is 9.47 Å². The van der Waals surface area contributed by atoms with Crippen molar-refractivity contribution in [2.75, 3.05) is 19.0 Å². The summed E-state index contributed by atoms with van der Waals surface area (Å²) in [6.45, 7) is -0.251. The van der Waals surface area contributed by atoms with Gasteiger partial charge in [0, 0.05) is 11.3 Å². The number of anilines is 1. The molecular weight excluding hydrogens is 270 g/mol. The Morgan fingerprint density at radius 3 is 2.52 bits per heavy atom. The van der Waals surface area contributed by atoms with Crippen LogP contribution < -0.4 is 14.8 Å². The van der Waals surface area contributed by atoms with Crippen LogP contribution in [0.5, 0.6) is 11.5 Å². The van der Waals surface area contributed by atoms with Crippen molar-refractivity contribution < 1.29 is 19.4 Å². The molecule has 0 aliphatic heterocycles. The largest absolute Gasteiger partial charge is 0.497 e. The fraction of sp³-hybridized carbons (Fsp3) is 0.188. The number of carbonyl (C=O) groups excluding carboxylic acids is 1. The van der Waals surface area contributed by atoms with Crippen molar-refractivity contribution in [3.05, 3.63) is 54.1 Å². The molecule has 21 heavy (non-hydrogen) atoms. The minimum atomic E-state index is -0.270. The van der Waals surface area contributed by atoms with E-state index in [0.29, 0.717) is 17.0 Å². The molecule has 0 heterocycles. The third kappa shape index (κ3) is 4.22. The van der Waals surface area contributed by atoms with E-state index >= 15 is 0 Å². The number of hydrogen-bond acceptors (Lipinski definition) is 4. The molecule has 2 N–H and O–H groups in total. The van der Waals surface area contributed by atoms with Crippen molar-refractivity contribution in [3.63, 3.8) is 0 Å². The predicted octanol–water partition coefficient (Wildman–Crippen LogP) is 2.21. The second-order valence-electron chi connectivity index (χ2n) is 4.33. The lowest BCUT2D eigenvalue weighted by molar-refractivity contribution is -0.118. The number of benzene rings is 2. The topological polar surface area (TPSA) is 67.8 Å². The maximum absolute atomic E-state index is 11.8. The van der Waals surface area contributed by atoms with Gasteiger partial charge in [0.1, 0.15) is 11.5 Å². The van der Waals surface area contributed by atoms with Crippen LogP contribution in [0.25, 0.3) is 0 Å². The summed E-state index contributed by atoms with van der Waals surface area (Å²) in [5.41, 5.74) is 1.31. The van der Waals surface area contributed by atoms with Gasteiger partial charge in [-0.25, -0.2) is 0 Å². The fourth-order valence-electron chi connectivity index (χ4n) is 1.79. The first-order valence-corrected chi connectivity index (χ1v) is 6.48. The molecule has 0 aromatic heterocycles. The lowest BCUT2D eigenvalue weighted by atomic mass is 10.2. The molecule has 0 spiro atoms. The monoisotopic (exact) mass is 287 g/mol. The van der Waals surface area contributed by atoms with Crippen LogP contribution in [0, 0.1) is 0 Å². The second-order valence-corrected chi connectivity index (χ2v) is 4.33. The maximum atomic E-state index is 11.8. The highest BCUT2D eigenvalue weighted by molar-refractivity contribution is 5.91. The molecule has 5 nitrogen and oxygen atoms in total. The van der Waals surface area contributed by atoms with Crippen LogP contribution >= 0.6 is 0 Å². The van der Waals surface area contributed by atoms with Gasteiger partial charge in [-0.2, -0.15) is 0 Å². The summed E-state index contributed by atoms with van der Waals surface area (Å²) in [4.78, 5) is 11.8. The Labute approximate surface area is 123 Å². The number of carbonyl (C=O) groups is 1. The first-order valence-electron chi connectivity index (χ1n) is 6.48. The van der Waals surface area contributed by atoms with Crippen molar-refractivity contribution in [2.45, 2.75) is 6.61 Å². The number of ether oxygens (including phenoxy) is 2. The molecule has 0 aliphatic carbocycles. The maximum Gasteiger partial charge on any atom is 0.262 e. The van der Waals surface area contributed by atoms with Gasteiger partial charge in [-0.1, -0.05) is 18.2 Å². The number of para-hydroxylation sites is 1. The minimum Gasteiger partial charge on any atom is -0.497 e. The Kier molecular flexibility index (Phi) is 5.17.